The number of hydrogen-bond donors (Lipinski definition) is 2. The number of carbonyl (C=O) groups excluding carboxylic acids is 1. The molecule has 5 nitrogen and oxygen atoms in total. The molecule has 2 heterocycles. The maximum Gasteiger partial charge on any atom is 0.257 e. The Kier molecular flexibility index (Phi) is 3.97. The molecule has 2 N–H and O–H groups in total. The number of nitrogens with zero attached hydrogens (tertiary/aromatic N) is 2. The van der Waals surface area contributed by atoms with Crippen molar-refractivity contribution in [3.8, 4) is 0 Å². The van der Waals surface area contributed by atoms with Gasteiger partial charge in [0.05, 0.1) is 11.0 Å². The van der Waals surface area contributed by atoms with Crippen molar-refractivity contribution in [1.82, 2.24) is 14.9 Å². The minimum Gasteiger partial charge on any atom is -0.316 e. The van der Waals surface area contributed by atoms with Gasteiger partial charge in [-0.05, 0) is 61.3 Å². The Morgan fingerprint density at radius 3 is 2.80 bits per heavy atom. The first-order chi connectivity index (χ1) is 12.1. The minimum atomic E-state index is -0.345. The fraction of sp³-hybridized carbons (Fsp3) is 0.263. The van der Waals surface area contributed by atoms with Crippen molar-refractivity contribution < 1.29 is 9.18 Å². The lowest BCUT2D eigenvalue weighted by Gasteiger charge is -2.09. The van der Waals surface area contributed by atoms with E-state index in [0.717, 1.165) is 31.4 Å². The van der Waals surface area contributed by atoms with Crippen LogP contribution in [0.2, 0.25) is 0 Å². The van der Waals surface area contributed by atoms with E-state index in [2.05, 4.69) is 15.6 Å². The van der Waals surface area contributed by atoms with Crippen molar-refractivity contribution in [3.63, 3.8) is 0 Å². The molecule has 6 heteroatoms. The zero-order chi connectivity index (χ0) is 17.4. The SMILES string of the molecule is Cn1c(NC(=O)c2ccc3c(c2)CCNCC3)nc2cc(F)ccc21. The first kappa shape index (κ1) is 15.8. The van der Waals surface area contributed by atoms with Gasteiger partial charge in [0.15, 0.2) is 0 Å². The Morgan fingerprint density at radius 2 is 1.96 bits per heavy atom. The van der Waals surface area contributed by atoms with Crippen molar-refractivity contribution in [2.24, 2.45) is 7.05 Å². The predicted octanol–water partition coefficient (Wildman–Crippen LogP) is 2.65. The second-order valence-electron chi connectivity index (χ2n) is 6.32. The van der Waals surface area contributed by atoms with Gasteiger partial charge < -0.3 is 9.88 Å². The van der Waals surface area contributed by atoms with Gasteiger partial charge in [0.25, 0.3) is 5.91 Å². The van der Waals surface area contributed by atoms with Gasteiger partial charge in [-0.25, -0.2) is 9.37 Å². The molecule has 3 aromatic rings. The summed E-state index contributed by atoms with van der Waals surface area (Å²) >= 11 is 0. The summed E-state index contributed by atoms with van der Waals surface area (Å²) in [7, 11) is 1.80. The molecule has 0 bridgehead atoms. The zero-order valence-corrected chi connectivity index (χ0v) is 14.0. The maximum atomic E-state index is 13.4. The standard InChI is InChI=1S/C19H19FN4O/c1-24-17-5-4-15(20)11-16(17)22-19(24)23-18(25)14-3-2-12-6-8-21-9-7-13(12)10-14/h2-5,10-11,21H,6-9H2,1H3,(H,22,23,25). The lowest BCUT2D eigenvalue weighted by Crippen LogP contribution is -2.16. The van der Waals surface area contributed by atoms with Gasteiger partial charge >= 0.3 is 0 Å². The second kappa shape index (κ2) is 6.29. The van der Waals surface area contributed by atoms with Crippen LogP contribution in [0.4, 0.5) is 10.3 Å². The highest BCUT2D eigenvalue weighted by molar-refractivity contribution is 6.04. The number of aromatic nitrogens is 2. The van der Waals surface area contributed by atoms with E-state index in [1.54, 1.807) is 17.7 Å². The van der Waals surface area contributed by atoms with Crippen LogP contribution in [-0.2, 0) is 19.9 Å². The Hall–Kier alpha value is -2.73. The van der Waals surface area contributed by atoms with Crippen LogP contribution in [0, 0.1) is 5.82 Å². The predicted molar refractivity (Wildman–Crippen MR) is 95.3 cm³/mol. The molecule has 2 aromatic carbocycles. The van der Waals surface area contributed by atoms with Gasteiger partial charge in [0.1, 0.15) is 5.82 Å². The van der Waals surface area contributed by atoms with Crippen LogP contribution in [0.3, 0.4) is 0 Å². The summed E-state index contributed by atoms with van der Waals surface area (Å²) in [4.78, 5) is 16.9. The molecule has 0 radical (unpaired) electrons. The highest BCUT2D eigenvalue weighted by atomic mass is 19.1. The van der Waals surface area contributed by atoms with E-state index < -0.39 is 0 Å². The molecule has 1 amide bonds. The molecule has 25 heavy (non-hydrogen) atoms. The molecule has 0 fully saturated rings. The molecule has 0 aliphatic carbocycles. The van der Waals surface area contributed by atoms with Crippen LogP contribution in [0.25, 0.3) is 11.0 Å². The quantitative estimate of drug-likeness (QED) is 0.755. The number of hydrogen-bond acceptors (Lipinski definition) is 3. The molecular formula is C19H19FN4O. The number of halogens is 1. The Balaban J connectivity index is 1.62. The van der Waals surface area contributed by atoms with Gasteiger partial charge in [-0.15, -0.1) is 0 Å². The molecule has 1 aromatic heterocycles. The van der Waals surface area contributed by atoms with Gasteiger partial charge in [-0.3, -0.25) is 10.1 Å². The lowest BCUT2D eigenvalue weighted by molar-refractivity contribution is 0.102. The van der Waals surface area contributed by atoms with Crippen molar-refractivity contribution >= 4 is 22.9 Å². The topological polar surface area (TPSA) is 59.0 Å². The molecule has 1 aliphatic rings. The Bertz CT molecular complexity index is 963. The third-order valence-corrected chi connectivity index (χ3v) is 4.68. The zero-order valence-electron chi connectivity index (χ0n) is 14.0. The van der Waals surface area contributed by atoms with Crippen LogP contribution in [0.5, 0.6) is 0 Å². The maximum absolute atomic E-state index is 13.4. The highest BCUT2D eigenvalue weighted by Crippen LogP contribution is 2.21. The van der Waals surface area contributed by atoms with E-state index in [1.165, 1.54) is 23.3 Å². The summed E-state index contributed by atoms with van der Waals surface area (Å²) in [6.45, 7) is 1.89. The Morgan fingerprint density at radius 1 is 1.16 bits per heavy atom. The third-order valence-electron chi connectivity index (χ3n) is 4.68. The molecule has 0 atom stereocenters. The Labute approximate surface area is 144 Å². The highest BCUT2D eigenvalue weighted by Gasteiger charge is 2.15. The van der Waals surface area contributed by atoms with Gasteiger partial charge in [0, 0.05) is 18.7 Å². The number of anilines is 1. The van der Waals surface area contributed by atoms with E-state index in [9.17, 15) is 9.18 Å². The fourth-order valence-corrected chi connectivity index (χ4v) is 3.27. The number of aryl methyl sites for hydroxylation is 1. The molecule has 0 spiro atoms. The fourth-order valence-electron chi connectivity index (χ4n) is 3.27. The lowest BCUT2D eigenvalue weighted by atomic mass is 10.00. The summed E-state index contributed by atoms with van der Waals surface area (Å²) in [5.41, 5.74) is 4.40. The summed E-state index contributed by atoms with van der Waals surface area (Å²) in [5.74, 6) is -0.149. The molecule has 0 saturated carbocycles. The minimum absolute atomic E-state index is 0.209. The van der Waals surface area contributed by atoms with Gasteiger partial charge in [0.2, 0.25) is 5.95 Å². The van der Waals surface area contributed by atoms with Crippen LogP contribution < -0.4 is 10.6 Å². The number of nitrogens with one attached hydrogen (secondary N) is 2. The summed E-state index contributed by atoms with van der Waals surface area (Å²) in [6, 6.07) is 10.2. The third kappa shape index (κ3) is 3.00. The van der Waals surface area contributed by atoms with E-state index in [4.69, 9.17) is 0 Å². The molecule has 1 aliphatic heterocycles. The number of benzene rings is 2. The molecule has 0 saturated heterocycles. The van der Waals surface area contributed by atoms with Crippen molar-refractivity contribution in [1.29, 1.82) is 0 Å². The monoisotopic (exact) mass is 338 g/mol. The van der Waals surface area contributed by atoms with Crippen LogP contribution in [0.15, 0.2) is 36.4 Å². The summed E-state index contributed by atoms with van der Waals surface area (Å²) < 4.78 is 15.1. The number of fused-ring (bicyclic) bond motifs is 2. The molecule has 0 unspecified atom stereocenters. The van der Waals surface area contributed by atoms with Gasteiger partial charge in [-0.1, -0.05) is 6.07 Å². The van der Waals surface area contributed by atoms with Crippen molar-refractivity contribution in [2.45, 2.75) is 12.8 Å². The smallest absolute Gasteiger partial charge is 0.257 e. The van der Waals surface area contributed by atoms with E-state index in [1.807, 2.05) is 18.2 Å². The number of carbonyl (C=O) groups is 1. The molecule has 4 rings (SSSR count). The van der Waals surface area contributed by atoms with Gasteiger partial charge in [-0.2, -0.15) is 0 Å². The number of rotatable bonds is 2. The normalized spacial score (nSPS) is 14.2. The van der Waals surface area contributed by atoms with E-state index >= 15 is 0 Å². The van der Waals surface area contributed by atoms with Crippen molar-refractivity contribution in [3.05, 3.63) is 58.9 Å². The van der Waals surface area contributed by atoms with E-state index in [0.29, 0.717) is 17.0 Å². The second-order valence-corrected chi connectivity index (χ2v) is 6.32. The average Bonchev–Trinajstić information content (AvgIpc) is 2.77. The first-order valence-electron chi connectivity index (χ1n) is 8.38. The van der Waals surface area contributed by atoms with Crippen molar-refractivity contribution in [2.75, 3.05) is 18.4 Å². The summed E-state index contributed by atoms with van der Waals surface area (Å²) in [6.07, 6.45) is 1.90. The summed E-state index contributed by atoms with van der Waals surface area (Å²) in [5, 5.41) is 6.20. The largest absolute Gasteiger partial charge is 0.316 e. The van der Waals surface area contributed by atoms with Crippen LogP contribution >= 0.6 is 0 Å². The van der Waals surface area contributed by atoms with Crippen LogP contribution in [-0.4, -0.2) is 28.5 Å². The van der Waals surface area contributed by atoms with E-state index in [-0.39, 0.29) is 11.7 Å². The first-order valence-corrected chi connectivity index (χ1v) is 8.38. The average molecular weight is 338 g/mol. The molecular weight excluding hydrogens is 319 g/mol. The number of amides is 1. The number of imidazole rings is 1. The van der Waals surface area contributed by atoms with Crippen LogP contribution in [0.1, 0.15) is 21.5 Å². The molecule has 128 valence electrons.